The van der Waals surface area contributed by atoms with Crippen LogP contribution in [-0.4, -0.2) is 13.1 Å². The first kappa shape index (κ1) is 13.0. The van der Waals surface area contributed by atoms with E-state index in [0.717, 1.165) is 17.4 Å². The summed E-state index contributed by atoms with van der Waals surface area (Å²) in [5.74, 6) is 0. The van der Waals surface area contributed by atoms with Crippen LogP contribution in [0.4, 0.5) is 0 Å². The van der Waals surface area contributed by atoms with Gasteiger partial charge in [0.1, 0.15) is 0 Å². The van der Waals surface area contributed by atoms with E-state index in [1.165, 1.54) is 36.1 Å². The number of hydrogen-bond acceptors (Lipinski definition) is 2. The summed E-state index contributed by atoms with van der Waals surface area (Å²) in [6.45, 7) is 6.56. The van der Waals surface area contributed by atoms with Gasteiger partial charge in [0.15, 0.2) is 0 Å². The summed E-state index contributed by atoms with van der Waals surface area (Å²) in [5.41, 5.74) is 1.22. The monoisotopic (exact) mass is 245 g/mol. The highest BCUT2D eigenvalue weighted by molar-refractivity contribution is 7.16. The summed E-state index contributed by atoms with van der Waals surface area (Å²) in [4.78, 5) is 1.42. The lowest BCUT2D eigenvalue weighted by atomic mass is 10.2. The van der Waals surface area contributed by atoms with Crippen molar-refractivity contribution in [3.05, 3.63) is 20.8 Å². The fourth-order valence-corrected chi connectivity index (χ4v) is 2.78. The van der Waals surface area contributed by atoms with Crippen molar-refractivity contribution in [1.29, 1.82) is 0 Å². The number of rotatable bonds is 7. The number of halogens is 1. The fraction of sp³-hybridized carbons (Fsp3) is 0.667. The zero-order chi connectivity index (χ0) is 11.1. The third-order valence-electron chi connectivity index (χ3n) is 2.36. The number of thiophene rings is 1. The van der Waals surface area contributed by atoms with Gasteiger partial charge in [0, 0.05) is 4.88 Å². The Morgan fingerprint density at radius 1 is 1.33 bits per heavy atom. The highest BCUT2D eigenvalue weighted by Gasteiger charge is 2.02. The van der Waals surface area contributed by atoms with Crippen molar-refractivity contribution >= 4 is 22.9 Å². The highest BCUT2D eigenvalue weighted by atomic mass is 35.5. The van der Waals surface area contributed by atoms with Gasteiger partial charge in [0.05, 0.1) is 4.34 Å². The molecule has 1 nitrogen and oxygen atoms in total. The molecule has 0 radical (unpaired) electrons. The van der Waals surface area contributed by atoms with E-state index >= 15 is 0 Å². The lowest BCUT2D eigenvalue weighted by Gasteiger charge is -2.01. The van der Waals surface area contributed by atoms with E-state index in [2.05, 4.69) is 25.2 Å². The lowest BCUT2D eigenvalue weighted by molar-refractivity contribution is 0.618. The van der Waals surface area contributed by atoms with E-state index < -0.39 is 0 Å². The minimum Gasteiger partial charge on any atom is -0.317 e. The molecule has 86 valence electrons. The molecule has 0 unspecified atom stereocenters. The smallest absolute Gasteiger partial charge is 0.0960 e. The van der Waals surface area contributed by atoms with Crippen LogP contribution in [-0.2, 0) is 6.42 Å². The maximum atomic E-state index is 6.02. The second kappa shape index (κ2) is 7.26. The Labute approximate surface area is 102 Å². The fourth-order valence-electron chi connectivity index (χ4n) is 1.50. The lowest BCUT2D eigenvalue weighted by Crippen LogP contribution is -2.15. The highest BCUT2D eigenvalue weighted by Crippen LogP contribution is 2.27. The van der Waals surface area contributed by atoms with Crippen molar-refractivity contribution < 1.29 is 0 Å². The first-order valence-corrected chi connectivity index (χ1v) is 6.89. The Morgan fingerprint density at radius 2 is 2.13 bits per heavy atom. The zero-order valence-electron chi connectivity index (χ0n) is 9.61. The summed E-state index contributed by atoms with van der Waals surface area (Å²) in [6, 6.07) is 2.21. The van der Waals surface area contributed by atoms with Crippen LogP contribution in [0.3, 0.4) is 0 Å². The molecule has 3 heteroatoms. The molecular weight excluding hydrogens is 226 g/mol. The van der Waals surface area contributed by atoms with Gasteiger partial charge in [-0.3, -0.25) is 0 Å². The molecule has 1 aromatic rings. The number of aryl methyl sites for hydroxylation is 2. The SMILES string of the molecule is CCCNCCCCc1cc(C)c(Cl)s1. The quantitative estimate of drug-likeness (QED) is 0.716. The molecule has 0 atom stereocenters. The van der Waals surface area contributed by atoms with Gasteiger partial charge in [-0.15, -0.1) is 11.3 Å². The van der Waals surface area contributed by atoms with Crippen LogP contribution in [0.1, 0.15) is 36.6 Å². The van der Waals surface area contributed by atoms with Gasteiger partial charge in [0.25, 0.3) is 0 Å². The maximum absolute atomic E-state index is 6.02. The topological polar surface area (TPSA) is 12.0 Å². The first-order valence-electron chi connectivity index (χ1n) is 5.69. The van der Waals surface area contributed by atoms with Crippen molar-refractivity contribution in [2.75, 3.05) is 13.1 Å². The van der Waals surface area contributed by atoms with Crippen molar-refractivity contribution in [2.24, 2.45) is 0 Å². The van der Waals surface area contributed by atoms with Crippen LogP contribution in [0.25, 0.3) is 0 Å². The molecule has 0 aliphatic rings. The molecule has 1 N–H and O–H groups in total. The largest absolute Gasteiger partial charge is 0.317 e. The molecule has 0 bridgehead atoms. The van der Waals surface area contributed by atoms with Gasteiger partial charge in [0.2, 0.25) is 0 Å². The molecule has 15 heavy (non-hydrogen) atoms. The number of unbranched alkanes of at least 4 members (excludes halogenated alkanes) is 1. The van der Waals surface area contributed by atoms with E-state index in [1.54, 1.807) is 11.3 Å². The Morgan fingerprint density at radius 3 is 2.73 bits per heavy atom. The summed E-state index contributed by atoms with van der Waals surface area (Å²) < 4.78 is 0.953. The van der Waals surface area contributed by atoms with Crippen LogP contribution in [0.2, 0.25) is 4.34 Å². The summed E-state index contributed by atoms with van der Waals surface area (Å²) in [6.07, 6.45) is 4.91. The number of hydrogen-bond donors (Lipinski definition) is 1. The summed E-state index contributed by atoms with van der Waals surface area (Å²) in [5, 5.41) is 3.42. The standard InChI is InChI=1S/C12H20ClNS/c1-3-7-14-8-5-4-6-11-9-10(2)12(13)15-11/h9,14H,3-8H2,1-2H3. The Hall–Kier alpha value is -0.0500. The van der Waals surface area contributed by atoms with Gasteiger partial charge < -0.3 is 5.32 Å². The molecule has 0 aromatic carbocycles. The van der Waals surface area contributed by atoms with E-state index in [1.807, 2.05) is 0 Å². The predicted octanol–water partition coefficient (Wildman–Crippen LogP) is 4.03. The normalized spacial score (nSPS) is 10.9. The molecule has 1 heterocycles. The van der Waals surface area contributed by atoms with Crippen LogP contribution in [0.5, 0.6) is 0 Å². The average molecular weight is 246 g/mol. The Kier molecular flexibility index (Phi) is 6.30. The predicted molar refractivity (Wildman–Crippen MR) is 70.2 cm³/mol. The van der Waals surface area contributed by atoms with Gasteiger partial charge in [-0.2, -0.15) is 0 Å². The van der Waals surface area contributed by atoms with E-state index in [-0.39, 0.29) is 0 Å². The first-order chi connectivity index (χ1) is 7.24. The van der Waals surface area contributed by atoms with Crippen LogP contribution in [0.15, 0.2) is 6.07 Å². The Balaban J connectivity index is 2.10. The minimum absolute atomic E-state index is 0.953. The number of nitrogens with one attached hydrogen (secondary N) is 1. The van der Waals surface area contributed by atoms with Crippen LogP contribution < -0.4 is 5.32 Å². The second-order valence-corrected chi connectivity index (χ2v) is 5.62. The second-order valence-electron chi connectivity index (χ2n) is 3.88. The van der Waals surface area contributed by atoms with Crippen LogP contribution in [0, 0.1) is 6.92 Å². The van der Waals surface area contributed by atoms with Crippen molar-refractivity contribution in [1.82, 2.24) is 5.32 Å². The van der Waals surface area contributed by atoms with Gasteiger partial charge in [-0.1, -0.05) is 18.5 Å². The Bertz CT molecular complexity index is 264. The average Bonchev–Trinajstić information content (AvgIpc) is 2.52. The summed E-state index contributed by atoms with van der Waals surface area (Å²) >= 11 is 7.74. The molecule has 0 aliphatic carbocycles. The van der Waals surface area contributed by atoms with Gasteiger partial charge in [-0.05, 0) is 57.3 Å². The van der Waals surface area contributed by atoms with E-state index in [9.17, 15) is 0 Å². The minimum atomic E-state index is 0.953. The molecule has 1 rings (SSSR count). The zero-order valence-corrected chi connectivity index (χ0v) is 11.2. The molecule has 1 aromatic heterocycles. The molecule has 0 amide bonds. The maximum Gasteiger partial charge on any atom is 0.0960 e. The van der Waals surface area contributed by atoms with Crippen molar-refractivity contribution in [3.8, 4) is 0 Å². The third kappa shape index (κ3) is 5.01. The van der Waals surface area contributed by atoms with E-state index in [0.29, 0.717) is 0 Å². The molecule has 0 fully saturated rings. The van der Waals surface area contributed by atoms with Crippen molar-refractivity contribution in [3.63, 3.8) is 0 Å². The molecule has 0 spiro atoms. The van der Waals surface area contributed by atoms with Crippen molar-refractivity contribution in [2.45, 2.75) is 39.5 Å². The third-order valence-corrected chi connectivity index (χ3v) is 3.98. The molecule has 0 aliphatic heterocycles. The molecular formula is C12H20ClNS. The van der Waals surface area contributed by atoms with Gasteiger partial charge in [-0.25, -0.2) is 0 Å². The molecule has 0 saturated heterocycles. The van der Waals surface area contributed by atoms with Gasteiger partial charge >= 0.3 is 0 Å². The van der Waals surface area contributed by atoms with Crippen LogP contribution >= 0.6 is 22.9 Å². The summed E-state index contributed by atoms with van der Waals surface area (Å²) in [7, 11) is 0. The van der Waals surface area contributed by atoms with E-state index in [4.69, 9.17) is 11.6 Å². The molecule has 0 saturated carbocycles.